The van der Waals surface area contributed by atoms with Crippen LogP contribution in [0.2, 0.25) is 0 Å². The fourth-order valence-corrected chi connectivity index (χ4v) is 4.46. The third-order valence-corrected chi connectivity index (χ3v) is 6.59. The van der Waals surface area contributed by atoms with Crippen LogP contribution >= 0.6 is 0 Å². The summed E-state index contributed by atoms with van der Waals surface area (Å²) in [6.07, 6.45) is -5.66. The lowest BCUT2D eigenvalue weighted by Gasteiger charge is -2.41. The molecule has 2 aliphatic carbocycles. The van der Waals surface area contributed by atoms with Crippen molar-refractivity contribution in [2.45, 2.75) is 70.4 Å². The first-order chi connectivity index (χ1) is 10.6. The molecule has 8 atom stereocenters. The van der Waals surface area contributed by atoms with Gasteiger partial charge in [-0.2, -0.15) is 0 Å². The van der Waals surface area contributed by atoms with Crippen LogP contribution in [0.15, 0.2) is 0 Å². The summed E-state index contributed by atoms with van der Waals surface area (Å²) in [6.45, 7) is 5.57. The Kier molecular flexibility index (Phi) is 4.11. The fraction of sp³-hybridized carbons (Fsp3) is 0.938. The van der Waals surface area contributed by atoms with Crippen molar-refractivity contribution in [1.29, 1.82) is 0 Å². The minimum atomic E-state index is -1.45. The SMILES string of the molecule is CC1(C)[C@H]2CC(=O)[C@]1(C)CC2O[C@@H]1O[C@H](CO)[C@@H](O)[C@H](O)[C@H]1O. The van der Waals surface area contributed by atoms with Crippen molar-refractivity contribution < 1.29 is 34.7 Å². The molecular weight excluding hydrogens is 304 g/mol. The molecule has 7 nitrogen and oxygen atoms in total. The molecule has 2 bridgehead atoms. The van der Waals surface area contributed by atoms with E-state index in [1.54, 1.807) is 0 Å². The number of rotatable bonds is 3. The highest BCUT2D eigenvalue weighted by Crippen LogP contribution is 2.64. The van der Waals surface area contributed by atoms with Gasteiger partial charge in [-0.1, -0.05) is 20.8 Å². The van der Waals surface area contributed by atoms with Gasteiger partial charge >= 0.3 is 0 Å². The van der Waals surface area contributed by atoms with Gasteiger partial charge in [-0.05, 0) is 17.8 Å². The molecule has 7 heteroatoms. The quantitative estimate of drug-likeness (QED) is 0.535. The van der Waals surface area contributed by atoms with Crippen molar-refractivity contribution in [3.8, 4) is 0 Å². The molecule has 3 fully saturated rings. The first-order valence-electron chi connectivity index (χ1n) is 8.12. The van der Waals surface area contributed by atoms with Gasteiger partial charge in [-0.25, -0.2) is 0 Å². The maximum atomic E-state index is 12.2. The molecule has 1 heterocycles. The number of aliphatic hydroxyl groups is 4. The molecule has 0 spiro atoms. The van der Waals surface area contributed by atoms with Crippen LogP contribution in [0.25, 0.3) is 0 Å². The lowest BCUT2D eigenvalue weighted by Crippen LogP contribution is -2.60. The van der Waals surface area contributed by atoms with E-state index in [0.29, 0.717) is 12.8 Å². The molecule has 0 radical (unpaired) electrons. The number of carbonyl (C=O) groups excluding carboxylic acids is 1. The Labute approximate surface area is 135 Å². The Balaban J connectivity index is 1.75. The van der Waals surface area contributed by atoms with Gasteiger partial charge in [0, 0.05) is 11.8 Å². The first-order valence-corrected chi connectivity index (χ1v) is 8.12. The van der Waals surface area contributed by atoms with E-state index in [9.17, 15) is 25.2 Å². The molecule has 0 aromatic rings. The number of ketones is 1. The normalized spacial score (nSPS) is 52.1. The van der Waals surface area contributed by atoms with Crippen molar-refractivity contribution in [3.05, 3.63) is 0 Å². The van der Waals surface area contributed by atoms with Crippen LogP contribution in [0, 0.1) is 16.7 Å². The van der Waals surface area contributed by atoms with Crippen molar-refractivity contribution in [3.63, 3.8) is 0 Å². The van der Waals surface area contributed by atoms with Gasteiger partial charge in [0.1, 0.15) is 30.2 Å². The maximum absolute atomic E-state index is 12.2. The van der Waals surface area contributed by atoms with Crippen LogP contribution in [0.3, 0.4) is 0 Å². The zero-order valence-corrected chi connectivity index (χ0v) is 13.7. The van der Waals surface area contributed by atoms with Crippen molar-refractivity contribution in [2.24, 2.45) is 16.7 Å². The van der Waals surface area contributed by atoms with Crippen LogP contribution in [0.5, 0.6) is 0 Å². The molecule has 0 amide bonds. The van der Waals surface area contributed by atoms with E-state index < -0.39 is 42.7 Å². The second-order valence-corrected chi connectivity index (χ2v) is 7.86. The monoisotopic (exact) mass is 330 g/mol. The number of Topliss-reactive ketones (excluding diaryl/α,β-unsaturated/α-hetero) is 1. The molecular formula is C16H26O7. The van der Waals surface area contributed by atoms with E-state index >= 15 is 0 Å². The Morgan fingerprint density at radius 2 is 1.83 bits per heavy atom. The molecule has 3 rings (SSSR count). The second-order valence-electron chi connectivity index (χ2n) is 7.86. The smallest absolute Gasteiger partial charge is 0.186 e. The van der Waals surface area contributed by atoms with Crippen molar-refractivity contribution >= 4 is 5.78 Å². The number of carbonyl (C=O) groups is 1. The average molecular weight is 330 g/mol. The largest absolute Gasteiger partial charge is 0.394 e. The Morgan fingerprint density at radius 3 is 2.30 bits per heavy atom. The Hall–Kier alpha value is -0.570. The average Bonchev–Trinajstić information content (AvgIpc) is 2.78. The summed E-state index contributed by atoms with van der Waals surface area (Å²) < 4.78 is 11.3. The first kappa shape index (κ1) is 17.3. The van der Waals surface area contributed by atoms with Gasteiger partial charge in [-0.15, -0.1) is 0 Å². The molecule has 1 saturated heterocycles. The highest BCUT2D eigenvalue weighted by Gasteiger charge is 2.66. The van der Waals surface area contributed by atoms with Crippen LogP contribution in [0.1, 0.15) is 33.6 Å². The van der Waals surface area contributed by atoms with E-state index in [1.807, 2.05) is 6.92 Å². The standard InChI is InChI=1S/C16H26O7/c1-15(2)7-4-10(18)16(15,3)5-8(7)22-14-13(21)12(20)11(19)9(6-17)23-14/h7-9,11-14,17,19-21H,4-6H2,1-3H3/t7-,8?,9+,11+,12-,13+,14+,16-/m0/s1. The van der Waals surface area contributed by atoms with Crippen LogP contribution < -0.4 is 0 Å². The minimum Gasteiger partial charge on any atom is -0.394 e. The third-order valence-electron chi connectivity index (χ3n) is 6.59. The Bertz CT molecular complexity index is 491. The topological polar surface area (TPSA) is 116 Å². The van der Waals surface area contributed by atoms with Gasteiger partial charge in [0.15, 0.2) is 6.29 Å². The number of hydrogen-bond acceptors (Lipinski definition) is 7. The molecule has 0 aromatic carbocycles. The van der Waals surface area contributed by atoms with Crippen LogP contribution in [-0.2, 0) is 14.3 Å². The molecule has 3 aliphatic rings. The number of ether oxygens (including phenoxy) is 2. The summed E-state index contributed by atoms with van der Waals surface area (Å²) >= 11 is 0. The molecule has 1 unspecified atom stereocenters. The van der Waals surface area contributed by atoms with Gasteiger partial charge < -0.3 is 29.9 Å². The summed E-state index contributed by atoms with van der Waals surface area (Å²) in [5.41, 5.74) is -0.667. The van der Waals surface area contributed by atoms with E-state index in [4.69, 9.17) is 9.47 Å². The molecule has 23 heavy (non-hydrogen) atoms. The van der Waals surface area contributed by atoms with Crippen LogP contribution in [-0.4, -0.2) is 69.6 Å². The lowest BCUT2D eigenvalue weighted by atomic mass is 9.70. The minimum absolute atomic E-state index is 0.0207. The Morgan fingerprint density at radius 1 is 1.17 bits per heavy atom. The third kappa shape index (κ3) is 2.29. The molecule has 1 aliphatic heterocycles. The molecule has 4 N–H and O–H groups in total. The van der Waals surface area contributed by atoms with E-state index in [0.717, 1.165) is 0 Å². The number of hydrogen-bond donors (Lipinski definition) is 4. The lowest BCUT2D eigenvalue weighted by molar-refractivity contribution is -0.314. The summed E-state index contributed by atoms with van der Waals surface area (Å²) in [5, 5.41) is 39.0. The maximum Gasteiger partial charge on any atom is 0.186 e. The highest BCUT2D eigenvalue weighted by atomic mass is 16.7. The summed E-state index contributed by atoms with van der Waals surface area (Å²) in [6, 6.07) is 0. The summed E-state index contributed by atoms with van der Waals surface area (Å²) in [4.78, 5) is 12.2. The van der Waals surface area contributed by atoms with Gasteiger partial charge in [-0.3, -0.25) is 4.79 Å². The summed E-state index contributed by atoms with van der Waals surface area (Å²) in [5.74, 6) is 0.258. The van der Waals surface area contributed by atoms with Gasteiger partial charge in [0.05, 0.1) is 12.7 Å². The van der Waals surface area contributed by atoms with Crippen molar-refractivity contribution in [2.75, 3.05) is 6.61 Å². The second kappa shape index (κ2) is 5.47. The van der Waals surface area contributed by atoms with Gasteiger partial charge in [0.2, 0.25) is 0 Å². The number of aliphatic hydroxyl groups excluding tert-OH is 4. The van der Waals surface area contributed by atoms with Crippen molar-refractivity contribution in [1.82, 2.24) is 0 Å². The van der Waals surface area contributed by atoms with E-state index in [-0.39, 0.29) is 23.2 Å². The molecule has 132 valence electrons. The zero-order valence-electron chi connectivity index (χ0n) is 13.7. The highest BCUT2D eigenvalue weighted by molar-refractivity contribution is 5.89. The zero-order chi connectivity index (χ0) is 17.2. The predicted molar refractivity (Wildman–Crippen MR) is 78.3 cm³/mol. The fourth-order valence-electron chi connectivity index (χ4n) is 4.46. The van der Waals surface area contributed by atoms with E-state index in [1.165, 1.54) is 0 Å². The molecule has 2 saturated carbocycles. The van der Waals surface area contributed by atoms with Crippen LogP contribution in [0.4, 0.5) is 0 Å². The van der Waals surface area contributed by atoms with Gasteiger partial charge in [0.25, 0.3) is 0 Å². The molecule has 0 aromatic heterocycles. The van der Waals surface area contributed by atoms with E-state index in [2.05, 4.69) is 13.8 Å². The predicted octanol–water partition coefficient (Wildman–Crippen LogP) is -0.803. The number of fused-ring (bicyclic) bond motifs is 2. The summed E-state index contributed by atoms with van der Waals surface area (Å²) in [7, 11) is 0.